The summed E-state index contributed by atoms with van der Waals surface area (Å²) in [5, 5.41) is 37.0. The summed E-state index contributed by atoms with van der Waals surface area (Å²) in [4.78, 5) is 67.5. The smallest absolute Gasteiger partial charge is 0.338 e. The van der Waals surface area contributed by atoms with Gasteiger partial charge in [0.1, 0.15) is 30.5 Å². The molecule has 3 saturated carbocycles. The highest BCUT2D eigenvalue weighted by molar-refractivity contribution is 5.97. The maximum absolute atomic E-state index is 14.7. The van der Waals surface area contributed by atoms with E-state index in [0.29, 0.717) is 0 Å². The molecule has 0 aromatic heterocycles. The Morgan fingerprint density at radius 3 is 1.74 bits per heavy atom. The molecular weight excluding hydrogens is 648 g/mol. The van der Waals surface area contributed by atoms with Crippen LogP contribution in [0.2, 0.25) is 0 Å². The number of benzene rings is 2. The molecule has 3 aliphatic carbocycles. The number of fused-ring (bicyclic) bond motifs is 3. The molecule has 2 aromatic rings. The fourth-order valence-electron chi connectivity index (χ4n) is 8.87. The number of rotatable bonds is 7. The number of aliphatic hydroxyl groups is 3. The Morgan fingerprint density at radius 1 is 0.760 bits per heavy atom. The van der Waals surface area contributed by atoms with E-state index in [4.69, 9.17) is 18.9 Å². The van der Waals surface area contributed by atoms with Crippen molar-refractivity contribution in [3.8, 4) is 0 Å². The number of Topliss-reactive ketones (excluding diaryl/α,β-unsaturated/α-hetero) is 1. The van der Waals surface area contributed by atoms with Gasteiger partial charge in [-0.1, -0.05) is 63.2 Å². The minimum absolute atomic E-state index is 0.0961. The van der Waals surface area contributed by atoms with Gasteiger partial charge in [-0.25, -0.2) is 9.59 Å². The fraction of sp³-hybridized carbons (Fsp3) is 0.500. The topological polar surface area (TPSA) is 183 Å². The zero-order chi connectivity index (χ0) is 37.0. The molecule has 5 rings (SSSR count). The Hall–Kier alpha value is -4.39. The molecule has 0 heterocycles. The molecule has 11 atom stereocenters. The first-order valence-electron chi connectivity index (χ1n) is 16.5. The number of hydrogen-bond acceptors (Lipinski definition) is 12. The van der Waals surface area contributed by atoms with Gasteiger partial charge in [-0.05, 0) is 48.9 Å². The highest BCUT2D eigenvalue weighted by atomic mass is 16.6. The van der Waals surface area contributed by atoms with Crippen LogP contribution in [0.4, 0.5) is 0 Å². The second kappa shape index (κ2) is 13.1. The normalized spacial score (nSPS) is 37.3. The third-order valence-corrected chi connectivity index (χ3v) is 11.4. The van der Waals surface area contributed by atoms with Gasteiger partial charge in [0, 0.05) is 25.2 Å². The summed E-state index contributed by atoms with van der Waals surface area (Å²) in [6, 6.07) is 15.7. The molecule has 2 aromatic carbocycles. The van der Waals surface area contributed by atoms with Crippen molar-refractivity contribution >= 4 is 29.7 Å². The fourth-order valence-corrected chi connectivity index (χ4v) is 8.87. The Labute approximate surface area is 290 Å². The van der Waals surface area contributed by atoms with Crippen LogP contribution in [0.3, 0.4) is 0 Å². The molecule has 0 spiro atoms. The molecule has 268 valence electrons. The quantitative estimate of drug-likeness (QED) is 0.219. The lowest BCUT2D eigenvalue weighted by molar-refractivity contribution is -0.321. The van der Waals surface area contributed by atoms with E-state index < -0.39 is 100.0 Å². The van der Waals surface area contributed by atoms with Crippen LogP contribution in [-0.4, -0.2) is 87.2 Å². The van der Waals surface area contributed by atoms with Crippen LogP contribution in [0.1, 0.15) is 68.7 Å². The van der Waals surface area contributed by atoms with Gasteiger partial charge in [-0.2, -0.15) is 0 Å². The summed E-state index contributed by atoms with van der Waals surface area (Å²) in [7, 11) is 0. The molecule has 0 radical (unpaired) electrons. The maximum Gasteiger partial charge on any atom is 0.338 e. The second-order valence-corrected chi connectivity index (χ2v) is 14.6. The van der Waals surface area contributed by atoms with Crippen LogP contribution in [0.15, 0.2) is 73.3 Å². The average molecular weight is 693 g/mol. The van der Waals surface area contributed by atoms with Gasteiger partial charge in [0.15, 0.2) is 17.5 Å². The van der Waals surface area contributed by atoms with Gasteiger partial charge in [0.05, 0.1) is 16.5 Å². The van der Waals surface area contributed by atoms with Gasteiger partial charge >= 0.3 is 23.9 Å². The second-order valence-electron chi connectivity index (χ2n) is 14.6. The molecule has 12 heteroatoms. The highest BCUT2D eigenvalue weighted by Crippen LogP contribution is 2.67. The van der Waals surface area contributed by atoms with Gasteiger partial charge in [0.25, 0.3) is 0 Å². The summed E-state index contributed by atoms with van der Waals surface area (Å²) in [5.74, 6) is -6.98. The molecule has 3 aliphatic rings. The van der Waals surface area contributed by atoms with Crippen LogP contribution in [0.5, 0.6) is 0 Å². The first kappa shape index (κ1) is 36.9. The number of carbonyl (C=O) groups excluding carboxylic acids is 5. The number of ether oxygens (including phenoxy) is 4. The SMILES string of the molecule is C=C[C@]1(C)C(=O)[C@]2(O)[C@H](OC(C)=O)C[C@H]3C(C)(C)[C@H](O)[C@@H](OC(C)=O)[C@H](OC(=O)c4ccccc4)[C@]3(C)[C@H]2[C@H](OC(=O)c2ccccc2)[C@H]1O. The average Bonchev–Trinajstić information content (AvgIpc) is 3.08. The number of ketones is 1. The van der Waals surface area contributed by atoms with E-state index in [1.807, 2.05) is 0 Å². The zero-order valence-electron chi connectivity index (χ0n) is 28.9. The Kier molecular flexibility index (Phi) is 9.63. The predicted octanol–water partition coefficient (Wildman–Crippen LogP) is 3.21. The van der Waals surface area contributed by atoms with E-state index in [2.05, 4.69) is 6.58 Å². The maximum atomic E-state index is 14.7. The molecule has 3 fully saturated rings. The molecule has 0 unspecified atom stereocenters. The summed E-state index contributed by atoms with van der Waals surface area (Å²) in [6.07, 6.45) is -8.90. The van der Waals surface area contributed by atoms with Crippen molar-refractivity contribution in [2.45, 2.75) is 90.2 Å². The van der Waals surface area contributed by atoms with E-state index >= 15 is 0 Å². The third kappa shape index (κ3) is 5.63. The molecule has 0 saturated heterocycles. The molecule has 0 amide bonds. The van der Waals surface area contributed by atoms with Crippen LogP contribution < -0.4 is 0 Å². The van der Waals surface area contributed by atoms with E-state index in [9.17, 15) is 39.3 Å². The lowest BCUT2D eigenvalue weighted by Crippen LogP contribution is -2.82. The molecule has 0 aliphatic heterocycles. The van der Waals surface area contributed by atoms with Crippen LogP contribution in [-0.2, 0) is 33.3 Å². The van der Waals surface area contributed by atoms with E-state index in [1.165, 1.54) is 31.2 Å². The summed E-state index contributed by atoms with van der Waals surface area (Å²) >= 11 is 0. The van der Waals surface area contributed by atoms with Crippen LogP contribution in [0, 0.1) is 28.1 Å². The van der Waals surface area contributed by atoms with Gasteiger partial charge in [0.2, 0.25) is 0 Å². The summed E-state index contributed by atoms with van der Waals surface area (Å²) in [5.41, 5.74) is -7.42. The first-order valence-corrected chi connectivity index (χ1v) is 16.5. The predicted molar refractivity (Wildman–Crippen MR) is 176 cm³/mol. The van der Waals surface area contributed by atoms with Crippen molar-refractivity contribution in [2.75, 3.05) is 0 Å². The van der Waals surface area contributed by atoms with Crippen molar-refractivity contribution in [3.05, 3.63) is 84.4 Å². The lowest BCUT2D eigenvalue weighted by atomic mass is 9.38. The van der Waals surface area contributed by atoms with Crippen LogP contribution in [0.25, 0.3) is 0 Å². The van der Waals surface area contributed by atoms with Crippen molar-refractivity contribution < 1.29 is 58.2 Å². The van der Waals surface area contributed by atoms with Crippen molar-refractivity contribution in [1.29, 1.82) is 0 Å². The Bertz CT molecular complexity index is 1670. The zero-order valence-corrected chi connectivity index (χ0v) is 28.9. The van der Waals surface area contributed by atoms with Crippen molar-refractivity contribution in [1.82, 2.24) is 0 Å². The third-order valence-electron chi connectivity index (χ3n) is 11.4. The standard InChI is InChI=1S/C38H44O12/c1-8-36(6)30(42)26(49-32(43)22-15-11-9-12-16-22)28-37(7)24(19-25(47-20(2)39)38(28,46)34(36)45)35(4,5)29(41)27(48-21(3)40)31(37)50-33(44)23-17-13-10-14-18-23/h8-18,24-31,41-42,46H,1,19H2,2-7H3/t24-,25+,26-,27+,28+,29+,30+,31-,36-,37-,38-/m0/s1. The molecule has 3 N–H and O–H groups in total. The van der Waals surface area contributed by atoms with Gasteiger partial charge in [-0.15, -0.1) is 6.58 Å². The molecule has 50 heavy (non-hydrogen) atoms. The number of carbonyl (C=O) groups is 5. The van der Waals surface area contributed by atoms with Gasteiger partial charge < -0.3 is 34.3 Å². The molecular formula is C38H44O12. The first-order chi connectivity index (χ1) is 23.4. The minimum Gasteiger partial charge on any atom is -0.459 e. The van der Waals surface area contributed by atoms with Crippen molar-refractivity contribution in [2.24, 2.45) is 28.1 Å². The summed E-state index contributed by atoms with van der Waals surface area (Å²) in [6.45, 7) is 12.2. The Morgan fingerprint density at radius 2 is 1.26 bits per heavy atom. The minimum atomic E-state index is -2.70. The van der Waals surface area contributed by atoms with Crippen molar-refractivity contribution in [3.63, 3.8) is 0 Å². The Balaban J connectivity index is 1.82. The summed E-state index contributed by atoms with van der Waals surface area (Å²) < 4.78 is 23.7. The molecule has 12 nitrogen and oxygen atoms in total. The van der Waals surface area contributed by atoms with Crippen LogP contribution >= 0.6 is 0 Å². The number of hydrogen-bond donors (Lipinski definition) is 3. The van der Waals surface area contributed by atoms with E-state index in [0.717, 1.165) is 19.9 Å². The number of esters is 4. The van der Waals surface area contributed by atoms with Gasteiger partial charge in [-0.3, -0.25) is 14.4 Å². The highest BCUT2D eigenvalue weighted by Gasteiger charge is 2.80. The lowest BCUT2D eigenvalue weighted by Gasteiger charge is -2.69. The number of aliphatic hydroxyl groups excluding tert-OH is 2. The molecule has 0 bridgehead atoms. The monoisotopic (exact) mass is 692 g/mol. The van der Waals surface area contributed by atoms with E-state index in [-0.39, 0.29) is 17.5 Å². The van der Waals surface area contributed by atoms with E-state index in [1.54, 1.807) is 57.2 Å². The largest absolute Gasteiger partial charge is 0.459 e.